The molecule has 1 aromatic carbocycles. The number of aryl methyl sites for hydroxylation is 1. The highest BCUT2D eigenvalue weighted by atomic mass is 16.3. The lowest BCUT2D eigenvalue weighted by atomic mass is 10.2. The highest BCUT2D eigenvalue weighted by Gasteiger charge is 2.15. The number of aromatic nitrogens is 4. The number of hydrogen-bond donors (Lipinski definition) is 2. The molecular formula is C14H13N5O2. The number of amides is 1. The highest BCUT2D eigenvalue weighted by Crippen LogP contribution is 2.15. The molecule has 21 heavy (non-hydrogen) atoms. The van der Waals surface area contributed by atoms with Crippen LogP contribution in [0.5, 0.6) is 0 Å². The van der Waals surface area contributed by atoms with E-state index < -0.39 is 5.91 Å². The van der Waals surface area contributed by atoms with Crippen LogP contribution in [-0.2, 0) is 6.61 Å². The Morgan fingerprint density at radius 2 is 2.14 bits per heavy atom. The number of aliphatic hydroxyl groups excluding tert-OH is 1. The first kappa shape index (κ1) is 13.2. The summed E-state index contributed by atoms with van der Waals surface area (Å²) < 4.78 is 1.51. The van der Waals surface area contributed by atoms with Gasteiger partial charge in [-0.3, -0.25) is 4.79 Å². The van der Waals surface area contributed by atoms with Crippen LogP contribution in [0.4, 0.5) is 5.69 Å². The van der Waals surface area contributed by atoms with Crippen LogP contribution in [0.15, 0.2) is 36.5 Å². The average molecular weight is 283 g/mol. The zero-order valence-electron chi connectivity index (χ0n) is 11.3. The molecule has 0 radical (unpaired) electrons. The van der Waals surface area contributed by atoms with Crippen LogP contribution in [-0.4, -0.2) is 30.6 Å². The van der Waals surface area contributed by atoms with E-state index >= 15 is 0 Å². The van der Waals surface area contributed by atoms with Crippen LogP contribution in [0.1, 0.15) is 21.9 Å². The van der Waals surface area contributed by atoms with Gasteiger partial charge in [-0.25, -0.2) is 9.50 Å². The molecule has 0 aliphatic rings. The van der Waals surface area contributed by atoms with Crippen molar-refractivity contribution in [3.05, 3.63) is 53.6 Å². The topological polar surface area (TPSA) is 92.4 Å². The number of benzene rings is 1. The third kappa shape index (κ3) is 2.46. The molecule has 0 unspecified atom stereocenters. The van der Waals surface area contributed by atoms with Gasteiger partial charge in [0.15, 0.2) is 0 Å². The summed E-state index contributed by atoms with van der Waals surface area (Å²) >= 11 is 0. The summed E-state index contributed by atoms with van der Waals surface area (Å²) in [6.45, 7) is 1.70. The second-order valence-electron chi connectivity index (χ2n) is 4.50. The maximum absolute atomic E-state index is 12.2. The molecule has 2 heterocycles. The van der Waals surface area contributed by atoms with E-state index in [1.165, 1.54) is 4.52 Å². The van der Waals surface area contributed by atoms with Crippen LogP contribution in [0.2, 0.25) is 0 Å². The van der Waals surface area contributed by atoms with Gasteiger partial charge in [0, 0.05) is 23.1 Å². The number of nitrogens with one attached hydrogen (secondary N) is 1. The summed E-state index contributed by atoms with van der Waals surface area (Å²) in [5, 5.41) is 16.1. The molecule has 1 amide bonds. The molecule has 7 heteroatoms. The Labute approximate surface area is 120 Å². The number of rotatable bonds is 3. The Bertz CT molecular complexity index is 812. The third-order valence-electron chi connectivity index (χ3n) is 3.07. The zero-order valence-corrected chi connectivity index (χ0v) is 11.3. The molecule has 0 bridgehead atoms. The van der Waals surface area contributed by atoms with Crippen molar-refractivity contribution in [2.45, 2.75) is 13.5 Å². The Morgan fingerprint density at radius 1 is 1.33 bits per heavy atom. The number of fused-ring (bicyclic) bond motifs is 1. The van der Waals surface area contributed by atoms with Crippen molar-refractivity contribution in [2.75, 3.05) is 5.32 Å². The minimum absolute atomic E-state index is 0.0320. The maximum atomic E-state index is 12.2. The lowest BCUT2D eigenvalue weighted by Crippen LogP contribution is -2.15. The molecule has 0 atom stereocenters. The van der Waals surface area contributed by atoms with Gasteiger partial charge < -0.3 is 10.4 Å². The summed E-state index contributed by atoms with van der Waals surface area (Å²) in [5.74, 6) is -0.0408. The molecule has 3 rings (SSSR count). The van der Waals surface area contributed by atoms with E-state index in [9.17, 15) is 9.90 Å². The molecule has 7 nitrogen and oxygen atoms in total. The number of hydrogen-bond acceptors (Lipinski definition) is 5. The van der Waals surface area contributed by atoms with Crippen molar-refractivity contribution in [3.8, 4) is 0 Å². The molecule has 2 N–H and O–H groups in total. The maximum Gasteiger partial charge on any atom is 0.295 e. The van der Waals surface area contributed by atoms with Gasteiger partial charge in [0.2, 0.25) is 5.82 Å². The fraction of sp³-hybridized carbons (Fsp3) is 0.143. The first-order chi connectivity index (χ1) is 10.2. The van der Waals surface area contributed by atoms with Gasteiger partial charge in [0.25, 0.3) is 11.7 Å². The monoisotopic (exact) mass is 283 g/mol. The Balaban J connectivity index is 1.92. The van der Waals surface area contributed by atoms with Crippen LogP contribution in [0.25, 0.3) is 5.78 Å². The SMILES string of the molecule is Cc1ccnc2nc(C(=O)Nc3ccccc3CO)nn12. The summed E-state index contributed by atoms with van der Waals surface area (Å²) in [6, 6.07) is 8.79. The molecule has 0 aliphatic carbocycles. The smallest absolute Gasteiger partial charge is 0.295 e. The summed E-state index contributed by atoms with van der Waals surface area (Å²) in [6.07, 6.45) is 1.61. The molecule has 0 fully saturated rings. The number of carbonyl (C=O) groups excluding carboxylic acids is 1. The van der Waals surface area contributed by atoms with Gasteiger partial charge in [-0.2, -0.15) is 4.98 Å². The van der Waals surface area contributed by atoms with E-state index in [1.54, 1.807) is 36.5 Å². The van der Waals surface area contributed by atoms with Gasteiger partial charge in [0.1, 0.15) is 0 Å². The van der Waals surface area contributed by atoms with E-state index in [0.29, 0.717) is 17.0 Å². The van der Waals surface area contributed by atoms with E-state index in [1.807, 2.05) is 6.92 Å². The molecule has 0 saturated carbocycles. The standard InChI is InChI=1S/C14H13N5O2/c1-9-6-7-15-14-17-12(18-19(9)14)13(21)16-11-5-3-2-4-10(11)8-20/h2-7,20H,8H2,1H3,(H,16,21). The predicted octanol–water partition coefficient (Wildman–Crippen LogP) is 1.18. The second-order valence-corrected chi connectivity index (χ2v) is 4.50. The lowest BCUT2D eigenvalue weighted by Gasteiger charge is -2.07. The number of para-hydroxylation sites is 1. The second kappa shape index (κ2) is 5.29. The first-order valence-electron chi connectivity index (χ1n) is 6.37. The fourth-order valence-electron chi connectivity index (χ4n) is 1.96. The van der Waals surface area contributed by atoms with Crippen LogP contribution in [0.3, 0.4) is 0 Å². The summed E-state index contributed by atoms with van der Waals surface area (Å²) in [4.78, 5) is 20.4. The Kier molecular flexibility index (Phi) is 3.33. The quantitative estimate of drug-likeness (QED) is 0.753. The molecule has 2 aromatic heterocycles. The normalized spacial score (nSPS) is 10.8. The molecular weight excluding hydrogens is 270 g/mol. The summed E-state index contributed by atoms with van der Waals surface area (Å²) in [7, 11) is 0. The number of nitrogens with zero attached hydrogens (tertiary/aromatic N) is 4. The van der Waals surface area contributed by atoms with Crippen molar-refractivity contribution in [1.29, 1.82) is 0 Å². The van der Waals surface area contributed by atoms with Crippen molar-refractivity contribution in [2.24, 2.45) is 0 Å². The van der Waals surface area contributed by atoms with Crippen molar-refractivity contribution < 1.29 is 9.90 Å². The lowest BCUT2D eigenvalue weighted by molar-refractivity contribution is 0.101. The number of anilines is 1. The van der Waals surface area contributed by atoms with Crippen LogP contribution >= 0.6 is 0 Å². The predicted molar refractivity (Wildman–Crippen MR) is 75.8 cm³/mol. The van der Waals surface area contributed by atoms with E-state index in [-0.39, 0.29) is 12.4 Å². The zero-order chi connectivity index (χ0) is 14.8. The number of aliphatic hydroxyl groups is 1. The van der Waals surface area contributed by atoms with Gasteiger partial charge in [-0.05, 0) is 19.1 Å². The van der Waals surface area contributed by atoms with Gasteiger partial charge in [-0.1, -0.05) is 18.2 Å². The van der Waals surface area contributed by atoms with E-state index in [0.717, 1.165) is 5.69 Å². The van der Waals surface area contributed by atoms with Gasteiger partial charge in [0.05, 0.1) is 6.61 Å². The fourth-order valence-corrected chi connectivity index (χ4v) is 1.96. The average Bonchev–Trinajstić information content (AvgIpc) is 2.93. The van der Waals surface area contributed by atoms with Crippen molar-refractivity contribution in [3.63, 3.8) is 0 Å². The van der Waals surface area contributed by atoms with Crippen LogP contribution in [0, 0.1) is 6.92 Å². The Hall–Kier alpha value is -2.80. The molecule has 0 aliphatic heterocycles. The minimum atomic E-state index is -0.444. The highest BCUT2D eigenvalue weighted by molar-refractivity contribution is 6.02. The first-order valence-corrected chi connectivity index (χ1v) is 6.37. The molecule has 106 valence electrons. The Morgan fingerprint density at radius 3 is 2.90 bits per heavy atom. The summed E-state index contributed by atoms with van der Waals surface area (Å²) in [5.41, 5.74) is 2.00. The molecule has 0 spiro atoms. The van der Waals surface area contributed by atoms with Crippen LogP contribution < -0.4 is 5.32 Å². The van der Waals surface area contributed by atoms with E-state index in [4.69, 9.17) is 0 Å². The molecule has 3 aromatic rings. The van der Waals surface area contributed by atoms with Crippen molar-refractivity contribution in [1.82, 2.24) is 19.6 Å². The van der Waals surface area contributed by atoms with Gasteiger partial charge in [-0.15, -0.1) is 5.10 Å². The van der Waals surface area contributed by atoms with Crippen molar-refractivity contribution >= 4 is 17.4 Å². The number of carbonyl (C=O) groups is 1. The van der Waals surface area contributed by atoms with Gasteiger partial charge >= 0.3 is 0 Å². The third-order valence-corrected chi connectivity index (χ3v) is 3.07. The van der Waals surface area contributed by atoms with E-state index in [2.05, 4.69) is 20.4 Å². The molecule has 0 saturated heterocycles. The minimum Gasteiger partial charge on any atom is -0.392 e. The largest absolute Gasteiger partial charge is 0.392 e.